The van der Waals surface area contributed by atoms with E-state index >= 15 is 0 Å². The van der Waals surface area contributed by atoms with Crippen molar-refractivity contribution in [2.75, 3.05) is 13.2 Å². The van der Waals surface area contributed by atoms with Gasteiger partial charge in [0.1, 0.15) is 6.04 Å². The molecule has 0 radical (unpaired) electrons. The van der Waals surface area contributed by atoms with Crippen molar-refractivity contribution in [3.63, 3.8) is 0 Å². The van der Waals surface area contributed by atoms with Gasteiger partial charge in [-0.2, -0.15) is 0 Å². The van der Waals surface area contributed by atoms with E-state index < -0.39 is 29.9 Å². The summed E-state index contributed by atoms with van der Waals surface area (Å²) in [5.41, 5.74) is 5.71. The van der Waals surface area contributed by atoms with E-state index in [9.17, 15) is 14.4 Å². The lowest BCUT2D eigenvalue weighted by Gasteiger charge is -2.24. The van der Waals surface area contributed by atoms with Gasteiger partial charge in [0.15, 0.2) is 0 Å². The van der Waals surface area contributed by atoms with Crippen LogP contribution in [0, 0.1) is 0 Å². The summed E-state index contributed by atoms with van der Waals surface area (Å²) in [5, 5.41) is 8.99. The van der Waals surface area contributed by atoms with Crippen LogP contribution in [0.3, 0.4) is 0 Å². The Kier molecular flexibility index (Phi) is 5.75. The second-order valence-electron chi connectivity index (χ2n) is 4.48. The molecule has 19 heavy (non-hydrogen) atoms. The number of esters is 1. The summed E-state index contributed by atoms with van der Waals surface area (Å²) in [7, 11) is 0. The molecule has 3 N–H and O–H groups in total. The van der Waals surface area contributed by atoms with E-state index in [2.05, 4.69) is 0 Å². The van der Waals surface area contributed by atoms with Gasteiger partial charge in [-0.25, -0.2) is 4.79 Å². The SMILES string of the molecule is CCOC(=O)CCC(N)C(=O)N1CCC[C@H]1C(=O)O. The number of likely N-dealkylation sites (tertiary alicyclic amines) is 1. The molecule has 0 saturated carbocycles. The Morgan fingerprint density at radius 2 is 2.16 bits per heavy atom. The molecular formula is C12H20N2O5. The molecule has 0 aromatic rings. The number of aliphatic carboxylic acids is 1. The average molecular weight is 272 g/mol. The van der Waals surface area contributed by atoms with Crippen LogP contribution in [-0.4, -0.2) is 53.1 Å². The molecule has 1 rings (SSSR count). The number of hydrogen-bond donors (Lipinski definition) is 2. The van der Waals surface area contributed by atoms with Crippen LogP contribution in [0.25, 0.3) is 0 Å². The zero-order valence-electron chi connectivity index (χ0n) is 11.0. The smallest absolute Gasteiger partial charge is 0.326 e. The summed E-state index contributed by atoms with van der Waals surface area (Å²) in [6.07, 6.45) is 1.34. The molecule has 1 fully saturated rings. The Morgan fingerprint density at radius 1 is 1.47 bits per heavy atom. The van der Waals surface area contributed by atoms with Crippen molar-refractivity contribution in [1.82, 2.24) is 4.90 Å². The van der Waals surface area contributed by atoms with Crippen LogP contribution in [-0.2, 0) is 19.1 Å². The maximum Gasteiger partial charge on any atom is 0.326 e. The number of hydrogen-bond acceptors (Lipinski definition) is 5. The highest BCUT2D eigenvalue weighted by atomic mass is 16.5. The topological polar surface area (TPSA) is 110 Å². The van der Waals surface area contributed by atoms with Crippen LogP contribution in [0.15, 0.2) is 0 Å². The molecule has 2 atom stereocenters. The molecule has 0 aromatic carbocycles. The van der Waals surface area contributed by atoms with Crippen molar-refractivity contribution < 1.29 is 24.2 Å². The van der Waals surface area contributed by atoms with Gasteiger partial charge in [0.2, 0.25) is 5.91 Å². The maximum atomic E-state index is 12.0. The second-order valence-corrected chi connectivity index (χ2v) is 4.48. The van der Waals surface area contributed by atoms with E-state index in [1.807, 2.05) is 0 Å². The first kappa shape index (κ1) is 15.4. The fourth-order valence-corrected chi connectivity index (χ4v) is 2.13. The van der Waals surface area contributed by atoms with Gasteiger partial charge in [0.05, 0.1) is 12.6 Å². The van der Waals surface area contributed by atoms with Crippen molar-refractivity contribution >= 4 is 17.8 Å². The molecule has 0 aromatic heterocycles. The van der Waals surface area contributed by atoms with Crippen LogP contribution in [0.5, 0.6) is 0 Å². The van der Waals surface area contributed by atoms with E-state index in [1.54, 1.807) is 6.92 Å². The van der Waals surface area contributed by atoms with Crippen LogP contribution in [0.2, 0.25) is 0 Å². The lowest BCUT2D eigenvalue weighted by atomic mass is 10.1. The third-order valence-corrected chi connectivity index (χ3v) is 3.10. The number of carbonyl (C=O) groups is 3. The Morgan fingerprint density at radius 3 is 2.74 bits per heavy atom. The number of carboxylic acid groups (broad SMARTS) is 1. The van der Waals surface area contributed by atoms with Gasteiger partial charge in [-0.1, -0.05) is 0 Å². The monoisotopic (exact) mass is 272 g/mol. The molecule has 7 heteroatoms. The Bertz CT molecular complexity index is 358. The number of nitrogens with zero attached hydrogens (tertiary/aromatic N) is 1. The van der Waals surface area contributed by atoms with Crippen molar-refractivity contribution in [1.29, 1.82) is 0 Å². The lowest BCUT2D eigenvalue weighted by molar-refractivity contribution is -0.149. The van der Waals surface area contributed by atoms with Gasteiger partial charge in [-0.05, 0) is 26.2 Å². The Hall–Kier alpha value is -1.63. The van der Waals surface area contributed by atoms with Crippen molar-refractivity contribution in [3.8, 4) is 0 Å². The summed E-state index contributed by atoms with van der Waals surface area (Å²) in [4.78, 5) is 35.5. The first-order valence-electron chi connectivity index (χ1n) is 6.41. The maximum absolute atomic E-state index is 12.0. The highest BCUT2D eigenvalue weighted by molar-refractivity contribution is 5.87. The van der Waals surface area contributed by atoms with Crippen LogP contribution < -0.4 is 5.73 Å². The number of rotatable bonds is 6. The van der Waals surface area contributed by atoms with Crippen molar-refractivity contribution in [2.24, 2.45) is 5.73 Å². The van der Waals surface area contributed by atoms with Crippen LogP contribution in [0.4, 0.5) is 0 Å². The summed E-state index contributed by atoms with van der Waals surface area (Å²) in [6.45, 7) is 2.39. The number of carbonyl (C=O) groups excluding carboxylic acids is 2. The number of amides is 1. The van der Waals surface area contributed by atoms with E-state index in [4.69, 9.17) is 15.6 Å². The fraction of sp³-hybridized carbons (Fsp3) is 0.750. The minimum absolute atomic E-state index is 0.0618. The summed E-state index contributed by atoms with van der Waals surface area (Å²) >= 11 is 0. The molecule has 108 valence electrons. The van der Waals surface area contributed by atoms with E-state index in [-0.39, 0.29) is 19.4 Å². The van der Waals surface area contributed by atoms with Crippen LogP contribution >= 0.6 is 0 Å². The number of carboxylic acids is 1. The van der Waals surface area contributed by atoms with Crippen molar-refractivity contribution in [3.05, 3.63) is 0 Å². The number of nitrogens with two attached hydrogens (primary N) is 1. The molecule has 1 aliphatic rings. The Balaban J connectivity index is 2.47. The molecule has 0 spiro atoms. The van der Waals surface area contributed by atoms with Gasteiger partial charge >= 0.3 is 11.9 Å². The lowest BCUT2D eigenvalue weighted by Crippen LogP contribution is -2.48. The van der Waals surface area contributed by atoms with E-state index in [1.165, 1.54) is 4.90 Å². The fourth-order valence-electron chi connectivity index (χ4n) is 2.13. The largest absolute Gasteiger partial charge is 0.480 e. The van der Waals surface area contributed by atoms with Gasteiger partial charge in [0, 0.05) is 13.0 Å². The molecule has 1 amide bonds. The molecule has 7 nitrogen and oxygen atoms in total. The summed E-state index contributed by atoms with van der Waals surface area (Å²) < 4.78 is 4.74. The predicted octanol–water partition coefficient (Wildman–Crippen LogP) is -0.267. The first-order chi connectivity index (χ1) is 8.97. The third-order valence-electron chi connectivity index (χ3n) is 3.10. The molecule has 1 saturated heterocycles. The minimum atomic E-state index is -1.01. The van der Waals surface area contributed by atoms with E-state index in [0.717, 1.165) is 0 Å². The number of ether oxygens (including phenoxy) is 1. The van der Waals surface area contributed by atoms with Gasteiger partial charge in [-0.3, -0.25) is 9.59 Å². The van der Waals surface area contributed by atoms with Crippen LogP contribution in [0.1, 0.15) is 32.6 Å². The molecular weight excluding hydrogens is 252 g/mol. The van der Waals surface area contributed by atoms with Gasteiger partial charge in [0.25, 0.3) is 0 Å². The quantitative estimate of drug-likeness (QED) is 0.644. The highest BCUT2D eigenvalue weighted by Crippen LogP contribution is 2.19. The normalized spacial score (nSPS) is 20.1. The van der Waals surface area contributed by atoms with E-state index in [0.29, 0.717) is 19.4 Å². The average Bonchev–Trinajstić information content (AvgIpc) is 2.84. The summed E-state index contributed by atoms with van der Waals surface area (Å²) in [5.74, 6) is -1.82. The molecule has 1 aliphatic heterocycles. The molecule has 0 aliphatic carbocycles. The summed E-state index contributed by atoms with van der Waals surface area (Å²) in [6, 6.07) is -1.65. The third kappa shape index (κ3) is 4.20. The zero-order valence-corrected chi connectivity index (χ0v) is 11.0. The molecule has 1 heterocycles. The predicted molar refractivity (Wildman–Crippen MR) is 66.2 cm³/mol. The highest BCUT2D eigenvalue weighted by Gasteiger charge is 2.35. The second kappa shape index (κ2) is 7.08. The van der Waals surface area contributed by atoms with Gasteiger partial charge in [-0.15, -0.1) is 0 Å². The molecule has 0 bridgehead atoms. The first-order valence-corrected chi connectivity index (χ1v) is 6.41. The molecule has 1 unspecified atom stereocenters. The Labute approximate surface area is 111 Å². The standard InChI is InChI=1S/C12H20N2O5/c1-2-19-10(15)6-5-8(13)11(16)14-7-3-4-9(14)12(17)18/h8-9H,2-7,13H2,1H3,(H,17,18)/t8?,9-/m0/s1. The minimum Gasteiger partial charge on any atom is -0.480 e. The van der Waals surface area contributed by atoms with Crippen molar-refractivity contribution in [2.45, 2.75) is 44.7 Å². The van der Waals surface area contributed by atoms with Gasteiger partial charge < -0.3 is 20.5 Å². The zero-order chi connectivity index (χ0) is 14.4.